The van der Waals surface area contributed by atoms with Crippen molar-refractivity contribution in [2.45, 2.75) is 6.61 Å². The molecule has 1 N–H and O–H groups in total. The van der Waals surface area contributed by atoms with Gasteiger partial charge >= 0.3 is 12.1 Å². The van der Waals surface area contributed by atoms with E-state index in [9.17, 15) is 18.4 Å². The van der Waals surface area contributed by atoms with E-state index in [1.807, 2.05) is 6.07 Å². The van der Waals surface area contributed by atoms with Crippen LogP contribution in [0.25, 0.3) is 6.08 Å². The molecule has 0 aliphatic rings. The second-order valence-electron chi connectivity index (χ2n) is 4.87. The van der Waals surface area contributed by atoms with Crippen molar-refractivity contribution in [2.24, 2.45) is 0 Å². The molecular formula is C18H15F2NO4. The third kappa shape index (κ3) is 5.13. The number of carbonyl (C=O) groups excluding carboxylic acids is 2. The summed E-state index contributed by atoms with van der Waals surface area (Å²) in [6.07, 6.45) is -0.113. The maximum atomic E-state index is 13.7. The number of halogens is 2. The summed E-state index contributed by atoms with van der Waals surface area (Å²) in [5, 5.41) is 2.13. The average Bonchev–Trinajstić information content (AvgIpc) is 2.62. The summed E-state index contributed by atoms with van der Waals surface area (Å²) in [6.45, 7) is -0.0326. The van der Waals surface area contributed by atoms with Crippen molar-refractivity contribution in [3.63, 3.8) is 0 Å². The number of nitrogens with one attached hydrogen (secondary N) is 1. The van der Waals surface area contributed by atoms with Crippen molar-refractivity contribution in [3.05, 3.63) is 77.0 Å². The molecular weight excluding hydrogens is 332 g/mol. The molecule has 7 heteroatoms. The number of amides is 1. The van der Waals surface area contributed by atoms with Crippen LogP contribution in [0.4, 0.5) is 13.6 Å². The van der Waals surface area contributed by atoms with Gasteiger partial charge in [-0.3, -0.25) is 5.32 Å². The molecule has 0 saturated carbocycles. The second-order valence-corrected chi connectivity index (χ2v) is 4.87. The van der Waals surface area contributed by atoms with Gasteiger partial charge in [0.2, 0.25) is 0 Å². The fourth-order valence-electron chi connectivity index (χ4n) is 1.92. The summed E-state index contributed by atoms with van der Waals surface area (Å²) in [5.41, 5.74) is -0.197. The first-order valence-corrected chi connectivity index (χ1v) is 7.23. The van der Waals surface area contributed by atoms with Crippen LogP contribution in [0.2, 0.25) is 0 Å². The highest BCUT2D eigenvalue weighted by molar-refractivity contribution is 5.96. The average molecular weight is 347 g/mol. The summed E-state index contributed by atoms with van der Waals surface area (Å²) in [4.78, 5) is 23.6. The standard InChI is InChI=1S/C18H15F2NO4/c1-24-17(22)16(10-13-14(19)8-5-9-15(13)20)21-18(23)25-11-12-6-3-2-4-7-12/h2-10H,11H2,1H3,(H,21,23). The molecule has 1 amide bonds. The zero-order valence-corrected chi connectivity index (χ0v) is 13.3. The summed E-state index contributed by atoms with van der Waals surface area (Å²) < 4.78 is 36.9. The SMILES string of the molecule is COC(=O)C(=Cc1c(F)cccc1F)NC(=O)OCc1ccccc1. The van der Waals surface area contributed by atoms with Crippen molar-refractivity contribution in [3.8, 4) is 0 Å². The first-order valence-electron chi connectivity index (χ1n) is 7.23. The van der Waals surface area contributed by atoms with Gasteiger partial charge in [-0.2, -0.15) is 0 Å². The minimum atomic E-state index is -0.973. The van der Waals surface area contributed by atoms with Crippen LogP contribution in [0, 0.1) is 11.6 Å². The number of hydrogen-bond acceptors (Lipinski definition) is 4. The van der Waals surface area contributed by atoms with Crippen LogP contribution in [0.1, 0.15) is 11.1 Å². The molecule has 5 nitrogen and oxygen atoms in total. The van der Waals surface area contributed by atoms with Crippen molar-refractivity contribution in [1.29, 1.82) is 0 Å². The minimum Gasteiger partial charge on any atom is -0.464 e. The van der Waals surface area contributed by atoms with Crippen LogP contribution in [0.5, 0.6) is 0 Å². The Hall–Kier alpha value is -3.22. The number of alkyl carbamates (subject to hydrolysis) is 1. The van der Waals surface area contributed by atoms with Crippen LogP contribution in [-0.4, -0.2) is 19.2 Å². The van der Waals surface area contributed by atoms with Crippen LogP contribution < -0.4 is 5.32 Å². The van der Waals surface area contributed by atoms with E-state index >= 15 is 0 Å². The Bertz CT molecular complexity index is 771. The Morgan fingerprint density at radius 1 is 1.04 bits per heavy atom. The highest BCUT2D eigenvalue weighted by Gasteiger charge is 2.17. The topological polar surface area (TPSA) is 64.6 Å². The largest absolute Gasteiger partial charge is 0.464 e. The smallest absolute Gasteiger partial charge is 0.412 e. The predicted octanol–water partition coefficient (Wildman–Crippen LogP) is 3.41. The molecule has 0 fully saturated rings. The third-order valence-electron chi connectivity index (χ3n) is 3.14. The zero-order chi connectivity index (χ0) is 18.2. The quantitative estimate of drug-likeness (QED) is 0.665. The zero-order valence-electron chi connectivity index (χ0n) is 13.3. The van der Waals surface area contributed by atoms with Gasteiger partial charge in [0, 0.05) is 5.56 Å². The van der Waals surface area contributed by atoms with E-state index in [1.165, 1.54) is 6.07 Å². The lowest BCUT2D eigenvalue weighted by Crippen LogP contribution is -2.28. The molecule has 0 radical (unpaired) electrons. The first kappa shape index (κ1) is 18.1. The molecule has 25 heavy (non-hydrogen) atoms. The van der Waals surface area contributed by atoms with E-state index in [4.69, 9.17) is 4.74 Å². The molecule has 0 unspecified atom stereocenters. The molecule has 0 aromatic heterocycles. The highest BCUT2D eigenvalue weighted by Crippen LogP contribution is 2.16. The number of rotatable bonds is 5. The molecule has 0 aliphatic carbocycles. The number of carbonyl (C=O) groups is 2. The normalized spacial score (nSPS) is 10.9. The van der Waals surface area contributed by atoms with Crippen LogP contribution in [-0.2, 0) is 20.9 Å². The summed E-state index contributed by atoms with van der Waals surface area (Å²) >= 11 is 0. The van der Waals surface area contributed by atoms with Crippen LogP contribution in [0.15, 0.2) is 54.2 Å². The molecule has 2 aromatic carbocycles. The molecule has 0 saturated heterocycles. The van der Waals surface area contributed by atoms with Crippen LogP contribution >= 0.6 is 0 Å². The van der Waals surface area contributed by atoms with Gasteiger partial charge in [-0.15, -0.1) is 0 Å². The Morgan fingerprint density at radius 2 is 1.68 bits per heavy atom. The van der Waals surface area contributed by atoms with Gasteiger partial charge in [-0.05, 0) is 23.8 Å². The lowest BCUT2D eigenvalue weighted by atomic mass is 10.1. The lowest BCUT2D eigenvalue weighted by Gasteiger charge is -2.10. The molecule has 0 heterocycles. The maximum absolute atomic E-state index is 13.7. The Kier molecular flexibility index (Phi) is 6.22. The van der Waals surface area contributed by atoms with Gasteiger partial charge in [0.25, 0.3) is 0 Å². The van der Waals surface area contributed by atoms with E-state index in [2.05, 4.69) is 10.1 Å². The second kappa shape index (κ2) is 8.58. The van der Waals surface area contributed by atoms with Gasteiger partial charge in [-0.1, -0.05) is 36.4 Å². The third-order valence-corrected chi connectivity index (χ3v) is 3.14. The fourth-order valence-corrected chi connectivity index (χ4v) is 1.92. The van der Waals surface area contributed by atoms with Crippen molar-refractivity contribution < 1.29 is 27.8 Å². The summed E-state index contributed by atoms with van der Waals surface area (Å²) in [7, 11) is 1.07. The van der Waals surface area contributed by atoms with Crippen molar-refractivity contribution >= 4 is 18.1 Å². The Labute approximate surface area is 142 Å². The molecule has 130 valence electrons. The van der Waals surface area contributed by atoms with E-state index in [0.717, 1.165) is 30.9 Å². The Morgan fingerprint density at radius 3 is 2.28 bits per heavy atom. The molecule has 2 rings (SSSR count). The van der Waals surface area contributed by atoms with Gasteiger partial charge < -0.3 is 9.47 Å². The fraction of sp³-hybridized carbons (Fsp3) is 0.111. The van der Waals surface area contributed by atoms with Crippen molar-refractivity contribution in [1.82, 2.24) is 5.32 Å². The predicted molar refractivity (Wildman–Crippen MR) is 86.1 cm³/mol. The van der Waals surface area contributed by atoms with Gasteiger partial charge in [0.1, 0.15) is 23.9 Å². The number of methoxy groups -OCH3 is 1. The summed E-state index contributed by atoms with van der Waals surface area (Å²) in [5.74, 6) is -2.75. The van der Waals surface area contributed by atoms with Gasteiger partial charge in [0.15, 0.2) is 0 Å². The summed E-state index contributed by atoms with van der Waals surface area (Å²) in [6, 6.07) is 12.1. The van der Waals surface area contributed by atoms with Gasteiger partial charge in [0.05, 0.1) is 7.11 Å². The molecule has 2 aromatic rings. The number of esters is 1. The molecule has 0 spiro atoms. The minimum absolute atomic E-state index is 0.0326. The highest BCUT2D eigenvalue weighted by atomic mass is 19.1. The maximum Gasteiger partial charge on any atom is 0.412 e. The van der Waals surface area contributed by atoms with Gasteiger partial charge in [-0.25, -0.2) is 18.4 Å². The lowest BCUT2D eigenvalue weighted by molar-refractivity contribution is -0.136. The number of hydrogen-bond donors (Lipinski definition) is 1. The monoisotopic (exact) mass is 347 g/mol. The number of benzene rings is 2. The first-order chi connectivity index (χ1) is 12.0. The van der Waals surface area contributed by atoms with E-state index in [-0.39, 0.29) is 6.61 Å². The molecule has 0 atom stereocenters. The van der Waals surface area contributed by atoms with E-state index < -0.39 is 35.0 Å². The molecule has 0 aliphatic heterocycles. The van der Waals surface area contributed by atoms with E-state index in [0.29, 0.717) is 0 Å². The Balaban J connectivity index is 2.14. The van der Waals surface area contributed by atoms with Crippen LogP contribution in [0.3, 0.4) is 0 Å². The number of ether oxygens (including phenoxy) is 2. The molecule has 0 bridgehead atoms. The van der Waals surface area contributed by atoms with Crippen molar-refractivity contribution in [2.75, 3.05) is 7.11 Å². The van der Waals surface area contributed by atoms with E-state index in [1.54, 1.807) is 24.3 Å².